The molecular formula is C18H28N2O4S. The first-order chi connectivity index (χ1) is 12.0. The largest absolute Gasteiger partial charge is 0.495 e. The van der Waals surface area contributed by atoms with Crippen molar-refractivity contribution in [2.24, 2.45) is 0 Å². The lowest BCUT2D eigenvalue weighted by Crippen LogP contribution is -2.35. The third-order valence-corrected chi connectivity index (χ3v) is 6.06. The zero-order chi connectivity index (χ0) is 18.3. The predicted molar refractivity (Wildman–Crippen MR) is 97.4 cm³/mol. The van der Waals surface area contributed by atoms with Gasteiger partial charge in [0.2, 0.25) is 10.0 Å². The highest BCUT2D eigenvalue weighted by Crippen LogP contribution is 2.25. The Bertz CT molecular complexity index is 680. The summed E-state index contributed by atoms with van der Waals surface area (Å²) in [6, 6.07) is 4.66. The van der Waals surface area contributed by atoms with Crippen molar-refractivity contribution in [3.63, 3.8) is 0 Å². The minimum Gasteiger partial charge on any atom is -0.495 e. The SMILES string of the molecule is CCNS(=O)(=O)c1cc(C(=O)NC2CCCCCCC2)ccc1OC. The van der Waals surface area contributed by atoms with Gasteiger partial charge in [0, 0.05) is 18.2 Å². The Kier molecular flexibility index (Phi) is 7.25. The zero-order valence-electron chi connectivity index (χ0n) is 15.0. The van der Waals surface area contributed by atoms with Gasteiger partial charge in [0.05, 0.1) is 7.11 Å². The summed E-state index contributed by atoms with van der Waals surface area (Å²) in [6.07, 6.45) is 7.88. The van der Waals surface area contributed by atoms with Gasteiger partial charge in [0.25, 0.3) is 5.91 Å². The summed E-state index contributed by atoms with van der Waals surface area (Å²) < 4.78 is 32.3. The first-order valence-electron chi connectivity index (χ1n) is 8.96. The molecule has 0 aliphatic heterocycles. The van der Waals surface area contributed by atoms with Gasteiger partial charge < -0.3 is 10.1 Å². The predicted octanol–water partition coefficient (Wildman–Crippen LogP) is 2.84. The minimum atomic E-state index is -3.71. The highest BCUT2D eigenvalue weighted by Gasteiger charge is 2.22. The number of amides is 1. The minimum absolute atomic E-state index is 0.0119. The summed E-state index contributed by atoms with van der Waals surface area (Å²) in [5.74, 6) is -0.00960. The maximum Gasteiger partial charge on any atom is 0.251 e. The zero-order valence-corrected chi connectivity index (χ0v) is 15.8. The number of nitrogens with one attached hydrogen (secondary N) is 2. The fraction of sp³-hybridized carbons (Fsp3) is 0.611. The molecule has 0 unspecified atom stereocenters. The molecule has 2 rings (SSSR count). The molecule has 25 heavy (non-hydrogen) atoms. The molecule has 0 saturated heterocycles. The lowest BCUT2D eigenvalue weighted by atomic mass is 9.96. The molecule has 1 aliphatic rings. The van der Waals surface area contributed by atoms with Gasteiger partial charge in [-0.1, -0.05) is 39.0 Å². The molecule has 140 valence electrons. The molecule has 1 amide bonds. The molecule has 0 radical (unpaired) electrons. The fourth-order valence-electron chi connectivity index (χ4n) is 3.16. The smallest absolute Gasteiger partial charge is 0.251 e. The van der Waals surface area contributed by atoms with Crippen molar-refractivity contribution in [2.75, 3.05) is 13.7 Å². The van der Waals surface area contributed by atoms with Crippen LogP contribution in [0.2, 0.25) is 0 Å². The lowest BCUT2D eigenvalue weighted by Gasteiger charge is -2.21. The third-order valence-electron chi connectivity index (χ3n) is 4.49. The highest BCUT2D eigenvalue weighted by molar-refractivity contribution is 7.89. The summed E-state index contributed by atoms with van der Waals surface area (Å²) in [6.45, 7) is 1.97. The summed E-state index contributed by atoms with van der Waals surface area (Å²) in [4.78, 5) is 12.6. The number of carbonyl (C=O) groups is 1. The third kappa shape index (κ3) is 5.44. The van der Waals surface area contributed by atoms with Crippen molar-refractivity contribution in [3.05, 3.63) is 23.8 Å². The van der Waals surface area contributed by atoms with E-state index in [4.69, 9.17) is 4.74 Å². The molecule has 0 bridgehead atoms. The van der Waals surface area contributed by atoms with Crippen molar-refractivity contribution in [2.45, 2.75) is 62.8 Å². The molecule has 1 aromatic rings. The van der Waals surface area contributed by atoms with Crippen LogP contribution in [0.25, 0.3) is 0 Å². The van der Waals surface area contributed by atoms with Gasteiger partial charge >= 0.3 is 0 Å². The first kappa shape index (κ1) is 19.7. The molecule has 0 aromatic heterocycles. The maximum atomic E-state index is 12.6. The van der Waals surface area contributed by atoms with Gasteiger partial charge in [-0.3, -0.25) is 4.79 Å². The molecule has 1 aromatic carbocycles. The Balaban J connectivity index is 2.19. The number of methoxy groups -OCH3 is 1. The first-order valence-corrected chi connectivity index (χ1v) is 10.4. The van der Waals surface area contributed by atoms with Gasteiger partial charge in [0.1, 0.15) is 10.6 Å². The molecule has 6 nitrogen and oxygen atoms in total. The number of ether oxygens (including phenoxy) is 1. The Hall–Kier alpha value is -1.60. The van der Waals surface area contributed by atoms with Crippen LogP contribution in [0.3, 0.4) is 0 Å². The number of rotatable bonds is 6. The standard InChI is InChI=1S/C18H28N2O4S/c1-3-19-25(22,23)17-13-14(11-12-16(17)24-2)18(21)20-15-9-7-5-4-6-8-10-15/h11-13,15,19H,3-10H2,1-2H3,(H,20,21). The van der Waals surface area contributed by atoms with Crippen LogP contribution >= 0.6 is 0 Å². The molecule has 0 atom stereocenters. The van der Waals surface area contributed by atoms with Crippen LogP contribution in [-0.4, -0.2) is 34.0 Å². The molecule has 1 saturated carbocycles. The Morgan fingerprint density at radius 1 is 1.16 bits per heavy atom. The van der Waals surface area contributed by atoms with Gasteiger partial charge in [0.15, 0.2) is 0 Å². The number of sulfonamides is 1. The molecule has 2 N–H and O–H groups in total. The van der Waals surface area contributed by atoms with Crippen LogP contribution in [0.4, 0.5) is 0 Å². The van der Waals surface area contributed by atoms with E-state index < -0.39 is 10.0 Å². The van der Waals surface area contributed by atoms with E-state index in [0.29, 0.717) is 5.56 Å². The fourth-order valence-corrected chi connectivity index (χ4v) is 4.40. The normalized spacial score (nSPS) is 16.7. The van der Waals surface area contributed by atoms with Gasteiger partial charge in [-0.25, -0.2) is 13.1 Å². The molecular weight excluding hydrogens is 340 g/mol. The van der Waals surface area contributed by atoms with Crippen molar-refractivity contribution in [1.82, 2.24) is 10.0 Å². The number of hydrogen-bond donors (Lipinski definition) is 2. The summed E-state index contributed by atoms with van der Waals surface area (Å²) in [7, 11) is -2.30. The average molecular weight is 368 g/mol. The second-order valence-electron chi connectivity index (χ2n) is 6.38. The number of benzene rings is 1. The van der Waals surface area contributed by atoms with Gasteiger partial charge in [-0.05, 0) is 31.0 Å². The Morgan fingerprint density at radius 2 is 1.80 bits per heavy atom. The summed E-state index contributed by atoms with van der Waals surface area (Å²) >= 11 is 0. The van der Waals surface area contributed by atoms with Crippen LogP contribution in [0.5, 0.6) is 5.75 Å². The van der Waals surface area contributed by atoms with E-state index in [1.165, 1.54) is 38.5 Å². The van der Waals surface area contributed by atoms with E-state index in [1.807, 2.05) is 0 Å². The van der Waals surface area contributed by atoms with Crippen LogP contribution in [0.1, 0.15) is 62.2 Å². The molecule has 0 spiro atoms. The molecule has 1 aliphatic carbocycles. The van der Waals surface area contributed by atoms with E-state index in [1.54, 1.807) is 13.0 Å². The molecule has 7 heteroatoms. The number of hydrogen-bond acceptors (Lipinski definition) is 4. The lowest BCUT2D eigenvalue weighted by molar-refractivity contribution is 0.0930. The number of carbonyl (C=O) groups excluding carboxylic acids is 1. The monoisotopic (exact) mass is 368 g/mol. The van der Waals surface area contributed by atoms with Crippen molar-refractivity contribution < 1.29 is 17.9 Å². The highest BCUT2D eigenvalue weighted by atomic mass is 32.2. The van der Waals surface area contributed by atoms with Crippen LogP contribution in [0, 0.1) is 0 Å². The van der Waals surface area contributed by atoms with E-state index in [-0.39, 0.29) is 29.1 Å². The van der Waals surface area contributed by atoms with Crippen LogP contribution in [0.15, 0.2) is 23.1 Å². The quantitative estimate of drug-likeness (QED) is 0.809. The second-order valence-corrected chi connectivity index (χ2v) is 8.12. The Labute approximate surface area is 150 Å². The van der Waals surface area contributed by atoms with E-state index in [0.717, 1.165) is 25.7 Å². The van der Waals surface area contributed by atoms with Gasteiger partial charge in [-0.15, -0.1) is 0 Å². The van der Waals surface area contributed by atoms with E-state index in [2.05, 4.69) is 10.0 Å². The van der Waals surface area contributed by atoms with E-state index >= 15 is 0 Å². The van der Waals surface area contributed by atoms with Crippen LogP contribution < -0.4 is 14.8 Å². The molecule has 0 heterocycles. The molecule has 1 fully saturated rings. The van der Waals surface area contributed by atoms with Crippen molar-refractivity contribution in [3.8, 4) is 5.75 Å². The van der Waals surface area contributed by atoms with Crippen molar-refractivity contribution in [1.29, 1.82) is 0 Å². The van der Waals surface area contributed by atoms with E-state index in [9.17, 15) is 13.2 Å². The summed E-state index contributed by atoms with van der Waals surface area (Å²) in [5.41, 5.74) is 0.333. The van der Waals surface area contributed by atoms with Gasteiger partial charge in [-0.2, -0.15) is 0 Å². The summed E-state index contributed by atoms with van der Waals surface area (Å²) in [5, 5.41) is 3.06. The second kappa shape index (κ2) is 9.20. The topological polar surface area (TPSA) is 84.5 Å². The van der Waals surface area contributed by atoms with Crippen LogP contribution in [-0.2, 0) is 10.0 Å². The Morgan fingerprint density at radius 3 is 2.40 bits per heavy atom. The average Bonchev–Trinajstić information content (AvgIpc) is 2.56. The van der Waals surface area contributed by atoms with Crippen molar-refractivity contribution >= 4 is 15.9 Å². The maximum absolute atomic E-state index is 12.6.